The summed E-state index contributed by atoms with van der Waals surface area (Å²) in [6.07, 6.45) is 1.50. The molecule has 2 aromatic rings. The molecular formula is C16H23N3O2S. The highest BCUT2D eigenvalue weighted by atomic mass is 32.1. The largest absolute Gasteiger partial charge is 0.338 e. The van der Waals surface area contributed by atoms with Crippen molar-refractivity contribution in [1.82, 2.24) is 14.5 Å². The van der Waals surface area contributed by atoms with Crippen LogP contribution in [0.15, 0.2) is 11.1 Å². The highest BCUT2D eigenvalue weighted by Crippen LogP contribution is 2.30. The van der Waals surface area contributed by atoms with Gasteiger partial charge in [-0.25, -0.2) is 4.98 Å². The molecule has 0 N–H and O–H groups in total. The normalized spacial score (nSPS) is 13.4. The summed E-state index contributed by atoms with van der Waals surface area (Å²) in [6.45, 7) is 10.2. The quantitative estimate of drug-likeness (QED) is 0.854. The molecule has 0 aliphatic rings. The van der Waals surface area contributed by atoms with Crippen LogP contribution >= 0.6 is 11.3 Å². The molecule has 6 heteroatoms. The number of amides is 1. The van der Waals surface area contributed by atoms with Crippen LogP contribution in [0.1, 0.15) is 42.9 Å². The Bertz CT molecular complexity index is 783. The van der Waals surface area contributed by atoms with E-state index < -0.39 is 0 Å². The van der Waals surface area contributed by atoms with Crippen LogP contribution in [0, 0.1) is 12.3 Å². The van der Waals surface area contributed by atoms with Gasteiger partial charge in [0.15, 0.2) is 0 Å². The summed E-state index contributed by atoms with van der Waals surface area (Å²) in [7, 11) is 3.48. The molecule has 1 amide bonds. The minimum Gasteiger partial charge on any atom is -0.338 e. The monoisotopic (exact) mass is 321 g/mol. The third kappa shape index (κ3) is 2.67. The fourth-order valence-electron chi connectivity index (χ4n) is 2.33. The molecule has 0 radical (unpaired) electrons. The summed E-state index contributed by atoms with van der Waals surface area (Å²) in [6, 6.07) is 0.0837. The van der Waals surface area contributed by atoms with Crippen molar-refractivity contribution in [3.8, 4) is 0 Å². The number of carbonyl (C=O) groups is 1. The minimum atomic E-state index is -0.107. The van der Waals surface area contributed by atoms with Crippen LogP contribution in [0.5, 0.6) is 0 Å². The summed E-state index contributed by atoms with van der Waals surface area (Å²) in [4.78, 5) is 32.3. The molecular weight excluding hydrogens is 298 g/mol. The van der Waals surface area contributed by atoms with Gasteiger partial charge in [0.2, 0.25) is 0 Å². The van der Waals surface area contributed by atoms with Gasteiger partial charge < -0.3 is 9.47 Å². The Morgan fingerprint density at radius 2 is 2.00 bits per heavy atom. The zero-order valence-corrected chi connectivity index (χ0v) is 15.0. The van der Waals surface area contributed by atoms with Crippen molar-refractivity contribution >= 4 is 27.5 Å². The molecule has 0 aliphatic heterocycles. The van der Waals surface area contributed by atoms with Crippen LogP contribution in [-0.2, 0) is 7.05 Å². The van der Waals surface area contributed by atoms with E-state index in [0.717, 1.165) is 5.56 Å². The first-order valence-corrected chi connectivity index (χ1v) is 8.09. The fourth-order valence-corrected chi connectivity index (χ4v) is 3.45. The first-order valence-electron chi connectivity index (χ1n) is 7.27. The molecule has 2 aromatic heterocycles. The summed E-state index contributed by atoms with van der Waals surface area (Å²) >= 11 is 1.30. The molecule has 0 bridgehead atoms. The predicted octanol–water partition coefficient (Wildman–Crippen LogP) is 2.81. The average molecular weight is 321 g/mol. The van der Waals surface area contributed by atoms with Crippen LogP contribution in [0.25, 0.3) is 10.2 Å². The van der Waals surface area contributed by atoms with Gasteiger partial charge in [0.25, 0.3) is 11.5 Å². The van der Waals surface area contributed by atoms with Crippen LogP contribution < -0.4 is 5.56 Å². The molecule has 5 nitrogen and oxygen atoms in total. The maximum Gasteiger partial charge on any atom is 0.264 e. The highest BCUT2D eigenvalue weighted by Gasteiger charge is 2.30. The van der Waals surface area contributed by atoms with Crippen molar-refractivity contribution in [2.75, 3.05) is 7.05 Å². The van der Waals surface area contributed by atoms with Gasteiger partial charge >= 0.3 is 0 Å². The molecule has 0 saturated carbocycles. The van der Waals surface area contributed by atoms with Crippen molar-refractivity contribution in [1.29, 1.82) is 0 Å². The van der Waals surface area contributed by atoms with Crippen LogP contribution in [0.2, 0.25) is 0 Å². The number of fused-ring (bicyclic) bond motifs is 1. The number of carbonyl (C=O) groups excluding carboxylic acids is 1. The first-order chi connectivity index (χ1) is 10.1. The molecule has 0 unspecified atom stereocenters. The summed E-state index contributed by atoms with van der Waals surface area (Å²) in [5.41, 5.74) is 0.611. The van der Waals surface area contributed by atoms with Crippen LogP contribution in [-0.4, -0.2) is 33.4 Å². The minimum absolute atomic E-state index is 0.0105. The Hall–Kier alpha value is -1.69. The Morgan fingerprint density at radius 3 is 2.55 bits per heavy atom. The standard InChI is InChI=1S/C16H23N3O2S/c1-9-11-13(17-8-18(6)14(11)20)22-12(9)15(21)19(7)10(2)16(3,4)5/h8,10H,1-7H3/t10-/m1/s1. The van der Waals surface area contributed by atoms with Crippen molar-refractivity contribution in [3.05, 3.63) is 27.1 Å². The number of aryl methyl sites for hydroxylation is 2. The molecule has 0 saturated heterocycles. The van der Waals surface area contributed by atoms with Gasteiger partial charge in [0.05, 0.1) is 16.6 Å². The molecule has 0 spiro atoms. The molecule has 2 heterocycles. The average Bonchev–Trinajstić information content (AvgIpc) is 2.77. The lowest BCUT2D eigenvalue weighted by atomic mass is 9.87. The SMILES string of the molecule is Cc1c(C(=O)N(C)[C@H](C)C(C)(C)C)sc2ncn(C)c(=O)c12. The van der Waals surface area contributed by atoms with Gasteiger partial charge in [0.1, 0.15) is 4.83 Å². The van der Waals surface area contributed by atoms with E-state index in [1.165, 1.54) is 22.2 Å². The van der Waals surface area contributed by atoms with E-state index in [0.29, 0.717) is 15.1 Å². The molecule has 22 heavy (non-hydrogen) atoms. The number of rotatable bonds is 2. The number of nitrogens with zero attached hydrogens (tertiary/aromatic N) is 3. The molecule has 0 aromatic carbocycles. The lowest BCUT2D eigenvalue weighted by Crippen LogP contribution is -2.42. The van der Waals surface area contributed by atoms with E-state index >= 15 is 0 Å². The van der Waals surface area contributed by atoms with Gasteiger partial charge in [0, 0.05) is 20.1 Å². The fraction of sp³-hybridized carbons (Fsp3) is 0.562. The molecule has 1 atom stereocenters. The van der Waals surface area contributed by atoms with Crippen molar-refractivity contribution < 1.29 is 4.79 Å². The zero-order chi connectivity index (χ0) is 16.8. The number of aromatic nitrogens is 2. The van der Waals surface area contributed by atoms with Crippen LogP contribution in [0.3, 0.4) is 0 Å². The second-order valence-corrected chi connectivity index (χ2v) is 7.85. The predicted molar refractivity (Wildman–Crippen MR) is 90.6 cm³/mol. The first kappa shape index (κ1) is 16.7. The van der Waals surface area contributed by atoms with Crippen molar-refractivity contribution in [3.63, 3.8) is 0 Å². The lowest BCUT2D eigenvalue weighted by Gasteiger charge is -2.35. The third-order valence-corrected chi connectivity index (χ3v) is 5.55. The van der Waals surface area contributed by atoms with Gasteiger partial charge in [-0.15, -0.1) is 11.3 Å². The van der Waals surface area contributed by atoms with Gasteiger partial charge in [-0.1, -0.05) is 20.8 Å². The number of thiophene rings is 1. The zero-order valence-electron chi connectivity index (χ0n) is 14.2. The van der Waals surface area contributed by atoms with Gasteiger partial charge in [-0.3, -0.25) is 9.59 Å². The van der Waals surface area contributed by atoms with E-state index in [1.54, 1.807) is 11.9 Å². The Balaban J connectivity index is 2.52. The number of hydrogen-bond donors (Lipinski definition) is 0. The van der Waals surface area contributed by atoms with Gasteiger partial charge in [-0.05, 0) is 24.8 Å². The summed E-state index contributed by atoms with van der Waals surface area (Å²) in [5.74, 6) is -0.0509. The topological polar surface area (TPSA) is 55.2 Å². The van der Waals surface area contributed by atoms with E-state index in [9.17, 15) is 9.59 Å². The van der Waals surface area contributed by atoms with Crippen molar-refractivity contribution in [2.24, 2.45) is 12.5 Å². The molecule has 2 rings (SSSR count). The number of hydrogen-bond acceptors (Lipinski definition) is 4. The van der Waals surface area contributed by atoms with E-state index in [4.69, 9.17) is 0 Å². The Kier molecular flexibility index (Phi) is 4.17. The smallest absolute Gasteiger partial charge is 0.264 e. The molecule has 0 fully saturated rings. The van der Waals surface area contributed by atoms with Crippen LogP contribution in [0.4, 0.5) is 0 Å². The van der Waals surface area contributed by atoms with Gasteiger partial charge in [-0.2, -0.15) is 0 Å². The maximum atomic E-state index is 12.8. The highest BCUT2D eigenvalue weighted by molar-refractivity contribution is 7.20. The molecule has 0 aliphatic carbocycles. The second-order valence-electron chi connectivity index (χ2n) is 6.86. The van der Waals surface area contributed by atoms with E-state index in [-0.39, 0.29) is 22.9 Å². The Morgan fingerprint density at radius 1 is 1.41 bits per heavy atom. The third-order valence-electron chi connectivity index (χ3n) is 4.36. The summed E-state index contributed by atoms with van der Waals surface area (Å²) < 4.78 is 1.44. The molecule has 120 valence electrons. The second kappa shape index (κ2) is 5.50. The summed E-state index contributed by atoms with van der Waals surface area (Å²) in [5, 5.41) is 0.551. The van der Waals surface area contributed by atoms with E-state index in [1.807, 2.05) is 20.9 Å². The Labute approximate surface area is 134 Å². The van der Waals surface area contributed by atoms with E-state index in [2.05, 4.69) is 25.8 Å². The maximum absolute atomic E-state index is 12.8. The lowest BCUT2D eigenvalue weighted by molar-refractivity contribution is 0.0633. The van der Waals surface area contributed by atoms with Crippen molar-refractivity contribution in [2.45, 2.75) is 40.7 Å².